The summed E-state index contributed by atoms with van der Waals surface area (Å²) >= 11 is 1.71. The van der Waals surface area contributed by atoms with E-state index in [4.69, 9.17) is 0 Å². The highest BCUT2D eigenvalue weighted by Crippen LogP contribution is 2.28. The molecule has 0 spiro atoms. The lowest BCUT2D eigenvalue weighted by atomic mass is 10.1. The lowest BCUT2D eigenvalue weighted by Crippen LogP contribution is -2.05. The van der Waals surface area contributed by atoms with Gasteiger partial charge in [-0.1, -0.05) is 12.8 Å². The number of rotatable bonds is 5. The van der Waals surface area contributed by atoms with Gasteiger partial charge in [0.1, 0.15) is 5.82 Å². The number of Topliss-reactive ketones (excluding diaryl/α,β-unsaturated/α-hetero) is 1. The molecule has 1 nitrogen and oxygen atoms in total. The topological polar surface area (TPSA) is 17.1 Å². The summed E-state index contributed by atoms with van der Waals surface area (Å²) in [5.41, 5.74) is 0.616. The van der Waals surface area contributed by atoms with Gasteiger partial charge in [-0.25, -0.2) is 4.39 Å². The van der Waals surface area contributed by atoms with Gasteiger partial charge in [0, 0.05) is 5.56 Å². The van der Waals surface area contributed by atoms with Crippen LogP contribution in [0.3, 0.4) is 0 Å². The maximum Gasteiger partial charge on any atom is 0.172 e. The van der Waals surface area contributed by atoms with Crippen molar-refractivity contribution in [2.45, 2.75) is 25.7 Å². The van der Waals surface area contributed by atoms with Gasteiger partial charge in [-0.2, -0.15) is 11.8 Å². The Bertz CT molecular complexity index is 368. The Morgan fingerprint density at radius 1 is 1.24 bits per heavy atom. The summed E-state index contributed by atoms with van der Waals surface area (Å²) in [7, 11) is 0. The SMILES string of the molecule is O=C(CSCC1CCCC1)c1ccc(F)cc1. The van der Waals surface area contributed by atoms with E-state index in [0.29, 0.717) is 11.3 Å². The maximum absolute atomic E-state index is 12.7. The molecule has 0 aliphatic heterocycles. The van der Waals surface area contributed by atoms with Gasteiger partial charge in [0.05, 0.1) is 5.75 Å². The van der Waals surface area contributed by atoms with Gasteiger partial charge >= 0.3 is 0 Å². The van der Waals surface area contributed by atoms with Crippen molar-refractivity contribution >= 4 is 17.5 Å². The third-order valence-electron chi connectivity index (χ3n) is 3.23. The lowest BCUT2D eigenvalue weighted by Gasteiger charge is -2.07. The molecule has 1 aromatic rings. The van der Waals surface area contributed by atoms with Gasteiger partial charge in [0.25, 0.3) is 0 Å². The molecule has 1 saturated carbocycles. The summed E-state index contributed by atoms with van der Waals surface area (Å²) < 4.78 is 12.7. The molecule has 2 rings (SSSR count). The van der Waals surface area contributed by atoms with Crippen molar-refractivity contribution in [2.75, 3.05) is 11.5 Å². The summed E-state index contributed by atoms with van der Waals surface area (Å²) in [5.74, 6) is 2.23. The predicted octanol–water partition coefficient (Wildman–Crippen LogP) is 3.93. The first-order chi connectivity index (χ1) is 8.25. The molecule has 0 unspecified atom stereocenters. The number of carbonyl (C=O) groups is 1. The van der Waals surface area contributed by atoms with Crippen LogP contribution in [0, 0.1) is 11.7 Å². The van der Waals surface area contributed by atoms with Gasteiger partial charge < -0.3 is 0 Å². The van der Waals surface area contributed by atoms with E-state index in [0.717, 1.165) is 11.7 Å². The quantitative estimate of drug-likeness (QED) is 0.738. The summed E-state index contributed by atoms with van der Waals surface area (Å²) in [6.45, 7) is 0. The molecule has 1 aliphatic carbocycles. The van der Waals surface area contributed by atoms with Crippen molar-refractivity contribution in [1.82, 2.24) is 0 Å². The van der Waals surface area contributed by atoms with E-state index in [-0.39, 0.29) is 11.6 Å². The molecular weight excluding hydrogens is 235 g/mol. The Balaban J connectivity index is 1.75. The van der Waals surface area contributed by atoms with E-state index >= 15 is 0 Å². The highest BCUT2D eigenvalue weighted by molar-refractivity contribution is 7.99. The molecule has 1 aliphatic rings. The number of hydrogen-bond donors (Lipinski definition) is 0. The Kier molecular flexibility index (Phi) is 4.60. The fraction of sp³-hybridized carbons (Fsp3) is 0.500. The van der Waals surface area contributed by atoms with Crippen LogP contribution in [-0.4, -0.2) is 17.3 Å². The zero-order valence-corrected chi connectivity index (χ0v) is 10.6. The number of halogens is 1. The number of hydrogen-bond acceptors (Lipinski definition) is 2. The van der Waals surface area contributed by atoms with Gasteiger partial charge in [-0.05, 0) is 48.8 Å². The van der Waals surface area contributed by atoms with E-state index in [1.54, 1.807) is 23.9 Å². The van der Waals surface area contributed by atoms with Crippen LogP contribution in [0.4, 0.5) is 4.39 Å². The van der Waals surface area contributed by atoms with E-state index in [1.165, 1.54) is 37.8 Å². The standard InChI is InChI=1S/C14H17FOS/c15-13-7-5-12(6-8-13)14(16)10-17-9-11-3-1-2-4-11/h5-8,11H,1-4,9-10H2. The highest BCUT2D eigenvalue weighted by atomic mass is 32.2. The second-order valence-corrected chi connectivity index (χ2v) is 5.63. The van der Waals surface area contributed by atoms with E-state index < -0.39 is 0 Å². The summed E-state index contributed by atoms with van der Waals surface area (Å²) in [5, 5.41) is 0. The first kappa shape index (κ1) is 12.6. The summed E-state index contributed by atoms with van der Waals surface area (Å²) in [6, 6.07) is 5.81. The average molecular weight is 252 g/mol. The molecule has 0 saturated heterocycles. The first-order valence-corrected chi connectivity index (χ1v) is 7.27. The molecule has 0 heterocycles. The Morgan fingerprint density at radius 3 is 2.53 bits per heavy atom. The summed E-state index contributed by atoms with van der Waals surface area (Å²) in [6.07, 6.45) is 5.32. The van der Waals surface area contributed by atoms with Crippen molar-refractivity contribution in [3.8, 4) is 0 Å². The molecule has 3 heteroatoms. The molecule has 1 aromatic carbocycles. The van der Waals surface area contributed by atoms with E-state index in [9.17, 15) is 9.18 Å². The maximum atomic E-state index is 12.7. The Hall–Kier alpha value is -0.830. The normalized spacial score (nSPS) is 16.3. The Morgan fingerprint density at radius 2 is 1.88 bits per heavy atom. The van der Waals surface area contributed by atoms with Crippen molar-refractivity contribution in [3.05, 3.63) is 35.6 Å². The van der Waals surface area contributed by atoms with Gasteiger partial charge in [-0.3, -0.25) is 4.79 Å². The number of benzene rings is 1. The number of thioether (sulfide) groups is 1. The zero-order valence-electron chi connectivity index (χ0n) is 9.82. The van der Waals surface area contributed by atoms with Crippen LogP contribution in [0.2, 0.25) is 0 Å². The van der Waals surface area contributed by atoms with Crippen LogP contribution >= 0.6 is 11.8 Å². The molecule has 0 bridgehead atoms. The lowest BCUT2D eigenvalue weighted by molar-refractivity contribution is 0.102. The smallest absolute Gasteiger partial charge is 0.172 e. The van der Waals surface area contributed by atoms with Crippen LogP contribution in [0.1, 0.15) is 36.0 Å². The van der Waals surface area contributed by atoms with Crippen molar-refractivity contribution in [1.29, 1.82) is 0 Å². The predicted molar refractivity (Wildman–Crippen MR) is 70.0 cm³/mol. The van der Waals surface area contributed by atoms with Crippen molar-refractivity contribution < 1.29 is 9.18 Å². The third-order valence-corrected chi connectivity index (χ3v) is 4.40. The Labute approximate surface area is 106 Å². The average Bonchev–Trinajstić information content (AvgIpc) is 2.83. The molecule has 0 atom stereocenters. The summed E-state index contributed by atoms with van der Waals surface area (Å²) in [4.78, 5) is 11.8. The van der Waals surface area contributed by atoms with Crippen LogP contribution in [0.15, 0.2) is 24.3 Å². The monoisotopic (exact) mass is 252 g/mol. The fourth-order valence-electron chi connectivity index (χ4n) is 2.21. The van der Waals surface area contributed by atoms with Crippen LogP contribution in [0.25, 0.3) is 0 Å². The van der Waals surface area contributed by atoms with Crippen molar-refractivity contribution in [2.24, 2.45) is 5.92 Å². The molecule has 0 aromatic heterocycles. The first-order valence-electron chi connectivity index (χ1n) is 6.12. The van der Waals surface area contributed by atoms with Gasteiger partial charge in [-0.15, -0.1) is 0 Å². The van der Waals surface area contributed by atoms with Crippen LogP contribution in [0.5, 0.6) is 0 Å². The fourth-order valence-corrected chi connectivity index (χ4v) is 3.35. The van der Waals surface area contributed by atoms with E-state index in [2.05, 4.69) is 0 Å². The van der Waals surface area contributed by atoms with Gasteiger partial charge in [0.15, 0.2) is 5.78 Å². The molecule has 0 N–H and O–H groups in total. The minimum absolute atomic E-state index is 0.105. The number of carbonyl (C=O) groups excluding carboxylic acids is 1. The minimum Gasteiger partial charge on any atom is -0.293 e. The molecular formula is C14H17FOS. The molecule has 1 fully saturated rings. The highest BCUT2D eigenvalue weighted by Gasteiger charge is 2.15. The van der Waals surface area contributed by atoms with Crippen molar-refractivity contribution in [3.63, 3.8) is 0 Å². The molecule has 17 heavy (non-hydrogen) atoms. The second kappa shape index (κ2) is 6.20. The number of ketones is 1. The molecule has 0 amide bonds. The minimum atomic E-state index is -0.292. The van der Waals surface area contributed by atoms with Crippen LogP contribution < -0.4 is 0 Å². The third kappa shape index (κ3) is 3.84. The zero-order chi connectivity index (χ0) is 12.1. The van der Waals surface area contributed by atoms with Crippen LogP contribution in [-0.2, 0) is 0 Å². The van der Waals surface area contributed by atoms with E-state index in [1.807, 2.05) is 0 Å². The van der Waals surface area contributed by atoms with Gasteiger partial charge in [0.2, 0.25) is 0 Å². The largest absolute Gasteiger partial charge is 0.293 e. The molecule has 92 valence electrons. The second-order valence-electron chi connectivity index (χ2n) is 4.60. The molecule has 0 radical (unpaired) electrons.